The van der Waals surface area contributed by atoms with E-state index >= 15 is 0 Å². The maximum atomic E-state index is 14.3. The van der Waals surface area contributed by atoms with Crippen molar-refractivity contribution in [3.05, 3.63) is 58.1 Å². The quantitative estimate of drug-likeness (QED) is 0.850. The minimum atomic E-state index is -0.277. The second-order valence-corrected chi connectivity index (χ2v) is 5.59. The summed E-state index contributed by atoms with van der Waals surface area (Å²) < 4.78 is 20.5. The summed E-state index contributed by atoms with van der Waals surface area (Å²) in [4.78, 5) is 4.06. The first kappa shape index (κ1) is 15.9. The molecule has 1 heterocycles. The third kappa shape index (κ3) is 3.80. The van der Waals surface area contributed by atoms with Gasteiger partial charge in [0.2, 0.25) is 0 Å². The van der Waals surface area contributed by atoms with Gasteiger partial charge in [0.15, 0.2) is 0 Å². The number of nitrogens with one attached hydrogen (secondary N) is 1. The average molecular weight is 353 g/mol. The first-order chi connectivity index (χ1) is 10.2. The van der Waals surface area contributed by atoms with E-state index in [2.05, 4.69) is 33.2 Å². The molecule has 1 N–H and O–H groups in total. The van der Waals surface area contributed by atoms with Gasteiger partial charge in [0.25, 0.3) is 0 Å². The van der Waals surface area contributed by atoms with Crippen LogP contribution >= 0.6 is 15.9 Å². The summed E-state index contributed by atoms with van der Waals surface area (Å²) in [5, 5.41) is 3.38. The Morgan fingerprint density at radius 2 is 2.14 bits per heavy atom. The number of rotatable bonds is 6. The molecule has 0 aliphatic carbocycles. The molecule has 1 aromatic heterocycles. The molecule has 0 spiro atoms. The van der Waals surface area contributed by atoms with Gasteiger partial charge in [-0.25, -0.2) is 4.39 Å². The maximum Gasteiger partial charge on any atom is 0.142 e. The topological polar surface area (TPSA) is 34.2 Å². The molecule has 0 bridgehead atoms. The molecular formula is C16H18BrFN2O. The Bertz CT molecular complexity index is 607. The lowest BCUT2D eigenvalue weighted by Gasteiger charge is -2.22. The normalized spacial score (nSPS) is 12.2. The lowest BCUT2D eigenvalue weighted by molar-refractivity contribution is 0.400. The van der Waals surface area contributed by atoms with E-state index in [0.717, 1.165) is 23.0 Å². The van der Waals surface area contributed by atoms with Gasteiger partial charge >= 0.3 is 0 Å². The van der Waals surface area contributed by atoms with Crippen molar-refractivity contribution >= 4 is 15.9 Å². The highest BCUT2D eigenvalue weighted by Gasteiger charge is 2.21. The fourth-order valence-electron chi connectivity index (χ4n) is 2.21. The summed E-state index contributed by atoms with van der Waals surface area (Å²) in [6.07, 6.45) is 4.29. The molecule has 1 aromatic carbocycles. The van der Waals surface area contributed by atoms with E-state index in [1.807, 2.05) is 6.07 Å². The van der Waals surface area contributed by atoms with Crippen LogP contribution in [0.4, 0.5) is 4.39 Å². The molecule has 2 aromatic rings. The molecule has 0 aliphatic rings. The minimum absolute atomic E-state index is 0.245. The van der Waals surface area contributed by atoms with Gasteiger partial charge in [-0.05, 0) is 37.2 Å². The summed E-state index contributed by atoms with van der Waals surface area (Å²) in [5.74, 6) is 0.399. The predicted octanol–water partition coefficient (Wildman–Crippen LogP) is 4.08. The van der Waals surface area contributed by atoms with E-state index in [4.69, 9.17) is 4.74 Å². The lowest BCUT2D eigenvalue weighted by Crippen LogP contribution is -2.24. The Hall–Kier alpha value is -1.46. The number of methoxy groups -OCH3 is 1. The zero-order valence-corrected chi connectivity index (χ0v) is 13.7. The molecule has 0 aliphatic heterocycles. The third-order valence-electron chi connectivity index (χ3n) is 3.21. The van der Waals surface area contributed by atoms with Gasteiger partial charge in [0.05, 0.1) is 19.3 Å². The number of hydrogen-bond donors (Lipinski definition) is 1. The standard InChI is InChI=1S/C16H18BrFN2O/c1-3-7-20-16(12-6-8-19-10-15(12)21-2)13-9-11(17)4-5-14(13)18/h4-6,8-10,16,20H,3,7H2,1-2H3. The molecule has 112 valence electrons. The van der Waals surface area contributed by atoms with E-state index in [-0.39, 0.29) is 11.9 Å². The van der Waals surface area contributed by atoms with Gasteiger partial charge in [0, 0.05) is 21.8 Å². The van der Waals surface area contributed by atoms with Crippen LogP contribution in [0.1, 0.15) is 30.5 Å². The molecule has 3 nitrogen and oxygen atoms in total. The van der Waals surface area contributed by atoms with Gasteiger partial charge in [-0.1, -0.05) is 22.9 Å². The average Bonchev–Trinajstić information content (AvgIpc) is 2.51. The number of benzene rings is 1. The third-order valence-corrected chi connectivity index (χ3v) is 3.71. The number of aromatic nitrogens is 1. The highest BCUT2D eigenvalue weighted by Crippen LogP contribution is 2.32. The van der Waals surface area contributed by atoms with Crippen LogP contribution in [0.3, 0.4) is 0 Å². The monoisotopic (exact) mass is 352 g/mol. The van der Waals surface area contributed by atoms with E-state index in [0.29, 0.717) is 11.3 Å². The SMILES string of the molecule is CCCNC(c1cc(Br)ccc1F)c1ccncc1OC. The largest absolute Gasteiger partial charge is 0.495 e. The van der Waals surface area contributed by atoms with E-state index in [9.17, 15) is 4.39 Å². The number of halogens is 2. The Morgan fingerprint density at radius 3 is 2.86 bits per heavy atom. The minimum Gasteiger partial charge on any atom is -0.495 e. The fraction of sp³-hybridized carbons (Fsp3) is 0.312. The lowest BCUT2D eigenvalue weighted by atomic mass is 9.98. The van der Waals surface area contributed by atoms with Gasteiger partial charge < -0.3 is 10.1 Å². The van der Waals surface area contributed by atoms with Crippen molar-refractivity contribution in [1.82, 2.24) is 10.3 Å². The Labute approximate surface area is 132 Å². The second kappa shape index (κ2) is 7.52. The van der Waals surface area contributed by atoms with Crippen LogP contribution in [0.2, 0.25) is 0 Å². The van der Waals surface area contributed by atoms with E-state index in [1.54, 1.807) is 31.6 Å². The molecule has 21 heavy (non-hydrogen) atoms. The Balaban J connectivity index is 2.49. The number of pyridine rings is 1. The zero-order chi connectivity index (χ0) is 15.2. The van der Waals surface area contributed by atoms with Crippen molar-refractivity contribution in [1.29, 1.82) is 0 Å². The highest BCUT2D eigenvalue weighted by atomic mass is 79.9. The Kier molecular flexibility index (Phi) is 5.70. The molecule has 5 heteroatoms. The van der Waals surface area contributed by atoms with Crippen LogP contribution in [-0.2, 0) is 0 Å². The van der Waals surface area contributed by atoms with Crippen LogP contribution < -0.4 is 10.1 Å². The predicted molar refractivity (Wildman–Crippen MR) is 85.0 cm³/mol. The molecule has 2 rings (SSSR count). The molecule has 0 amide bonds. The number of nitrogens with zero attached hydrogens (tertiary/aromatic N) is 1. The van der Waals surface area contributed by atoms with Crippen LogP contribution in [0.5, 0.6) is 5.75 Å². The van der Waals surface area contributed by atoms with Crippen LogP contribution in [-0.4, -0.2) is 18.6 Å². The summed E-state index contributed by atoms with van der Waals surface area (Å²) in [5.41, 5.74) is 1.46. The summed E-state index contributed by atoms with van der Waals surface area (Å²) in [6, 6.07) is 6.53. The van der Waals surface area contributed by atoms with Gasteiger partial charge in [-0.15, -0.1) is 0 Å². The second-order valence-electron chi connectivity index (χ2n) is 4.67. The van der Waals surface area contributed by atoms with E-state index < -0.39 is 0 Å². The molecule has 1 atom stereocenters. The number of ether oxygens (including phenoxy) is 1. The van der Waals surface area contributed by atoms with Gasteiger partial charge in [-0.3, -0.25) is 4.98 Å². The maximum absolute atomic E-state index is 14.3. The molecule has 0 saturated heterocycles. The Morgan fingerprint density at radius 1 is 1.33 bits per heavy atom. The summed E-state index contributed by atoms with van der Waals surface area (Å²) in [6.45, 7) is 2.85. The van der Waals surface area contributed by atoms with E-state index in [1.165, 1.54) is 6.07 Å². The highest BCUT2D eigenvalue weighted by molar-refractivity contribution is 9.10. The van der Waals surface area contributed by atoms with Crippen LogP contribution in [0.15, 0.2) is 41.1 Å². The van der Waals surface area contributed by atoms with Crippen molar-refractivity contribution in [2.75, 3.05) is 13.7 Å². The summed E-state index contributed by atoms with van der Waals surface area (Å²) >= 11 is 3.40. The van der Waals surface area contributed by atoms with Crippen molar-refractivity contribution in [2.24, 2.45) is 0 Å². The summed E-state index contributed by atoms with van der Waals surface area (Å²) in [7, 11) is 1.59. The molecule has 1 unspecified atom stereocenters. The van der Waals surface area contributed by atoms with Crippen LogP contribution in [0.25, 0.3) is 0 Å². The first-order valence-corrected chi connectivity index (χ1v) is 7.63. The molecule has 0 fully saturated rings. The van der Waals surface area contributed by atoms with Crippen LogP contribution in [0, 0.1) is 5.82 Å². The van der Waals surface area contributed by atoms with Gasteiger partial charge in [0.1, 0.15) is 11.6 Å². The first-order valence-electron chi connectivity index (χ1n) is 6.83. The number of hydrogen-bond acceptors (Lipinski definition) is 3. The molecule has 0 radical (unpaired) electrons. The van der Waals surface area contributed by atoms with Gasteiger partial charge in [-0.2, -0.15) is 0 Å². The van der Waals surface area contributed by atoms with Crippen molar-refractivity contribution in [2.45, 2.75) is 19.4 Å². The molecular weight excluding hydrogens is 335 g/mol. The van der Waals surface area contributed by atoms with Crippen molar-refractivity contribution in [3.8, 4) is 5.75 Å². The van der Waals surface area contributed by atoms with Crippen molar-refractivity contribution in [3.63, 3.8) is 0 Å². The smallest absolute Gasteiger partial charge is 0.142 e. The zero-order valence-electron chi connectivity index (χ0n) is 12.1. The fourth-order valence-corrected chi connectivity index (χ4v) is 2.59. The molecule has 0 saturated carbocycles. The van der Waals surface area contributed by atoms with Crippen molar-refractivity contribution < 1.29 is 9.13 Å².